The van der Waals surface area contributed by atoms with Gasteiger partial charge in [0.1, 0.15) is 6.10 Å². The fourth-order valence-corrected chi connectivity index (χ4v) is 4.20. The van der Waals surface area contributed by atoms with Crippen molar-refractivity contribution < 1.29 is 9.84 Å². The number of aliphatic hydroxyl groups excluding tert-OH is 1. The van der Waals surface area contributed by atoms with Crippen molar-refractivity contribution in [1.82, 2.24) is 9.88 Å². The number of hydrogen-bond acceptors (Lipinski definition) is 5. The summed E-state index contributed by atoms with van der Waals surface area (Å²) in [6.07, 6.45) is 0.837. The molecule has 0 bridgehead atoms. The van der Waals surface area contributed by atoms with E-state index in [1.807, 2.05) is 7.05 Å². The molecule has 0 unspecified atom stereocenters. The quantitative estimate of drug-likeness (QED) is 0.585. The van der Waals surface area contributed by atoms with Crippen molar-refractivity contribution >= 4 is 5.69 Å². The molecule has 0 radical (unpaired) electrons. The first-order chi connectivity index (χ1) is 15.6. The van der Waals surface area contributed by atoms with Crippen LogP contribution in [0.2, 0.25) is 0 Å². The van der Waals surface area contributed by atoms with E-state index >= 15 is 0 Å². The maximum Gasteiger partial charge on any atom is 0.112 e. The highest BCUT2D eigenvalue weighted by molar-refractivity contribution is 5.46. The number of morpholine rings is 1. The van der Waals surface area contributed by atoms with Crippen molar-refractivity contribution in [2.24, 2.45) is 0 Å². The van der Waals surface area contributed by atoms with E-state index in [-0.39, 0.29) is 12.7 Å². The molecule has 32 heavy (non-hydrogen) atoms. The fraction of sp³-hybridized carbons (Fsp3) is 0.370. The van der Waals surface area contributed by atoms with Gasteiger partial charge in [-0.25, -0.2) is 0 Å². The number of pyridine rings is 1. The Bertz CT molecular complexity index is 1010. The second kappa shape index (κ2) is 10.7. The highest BCUT2D eigenvalue weighted by Gasteiger charge is 2.23. The summed E-state index contributed by atoms with van der Waals surface area (Å²) in [4.78, 5) is 9.45. The van der Waals surface area contributed by atoms with Crippen LogP contribution in [0, 0.1) is 6.92 Å². The number of benzene rings is 2. The number of likely N-dealkylation sites (N-methyl/N-ethyl adjacent to an activating group) is 1. The number of aryl methyl sites for hydroxylation is 1. The van der Waals surface area contributed by atoms with Gasteiger partial charge in [-0.3, -0.25) is 9.88 Å². The van der Waals surface area contributed by atoms with Crippen molar-refractivity contribution in [2.75, 3.05) is 44.8 Å². The third kappa shape index (κ3) is 5.74. The average Bonchev–Trinajstić information content (AvgIpc) is 2.82. The molecule has 2 aromatic carbocycles. The standard InChI is InChI=1S/C27H33N3O2/c1-21-6-3-4-7-23(21)18-24-8-5-9-26(28-24)27-20-30(15-17-32-27)19-22-10-12-25(13-11-22)29(2)14-16-31/h3-13,27,31H,14-20H2,1-2H3/t27-/m0/s1. The highest BCUT2D eigenvalue weighted by atomic mass is 16.5. The van der Waals surface area contributed by atoms with Crippen molar-refractivity contribution in [3.63, 3.8) is 0 Å². The van der Waals surface area contributed by atoms with Gasteiger partial charge in [0.15, 0.2) is 0 Å². The Hall–Kier alpha value is -2.73. The van der Waals surface area contributed by atoms with Crippen LogP contribution in [0.25, 0.3) is 0 Å². The zero-order valence-electron chi connectivity index (χ0n) is 19.1. The van der Waals surface area contributed by atoms with Crippen molar-refractivity contribution in [3.05, 3.63) is 94.8 Å². The summed E-state index contributed by atoms with van der Waals surface area (Å²) in [5.41, 5.74) is 7.12. The minimum Gasteiger partial charge on any atom is -0.395 e. The van der Waals surface area contributed by atoms with E-state index in [0.29, 0.717) is 13.2 Å². The molecule has 0 aliphatic carbocycles. The van der Waals surface area contributed by atoms with Gasteiger partial charge in [0, 0.05) is 51.0 Å². The van der Waals surface area contributed by atoms with E-state index in [0.717, 1.165) is 43.1 Å². The number of anilines is 1. The Balaban J connectivity index is 1.39. The number of nitrogens with zero attached hydrogens (tertiary/aromatic N) is 3. The first kappa shape index (κ1) is 22.5. The lowest BCUT2D eigenvalue weighted by Gasteiger charge is -2.33. The number of aliphatic hydroxyl groups is 1. The Morgan fingerprint density at radius 3 is 2.66 bits per heavy atom. The summed E-state index contributed by atoms with van der Waals surface area (Å²) >= 11 is 0. The van der Waals surface area contributed by atoms with E-state index < -0.39 is 0 Å². The van der Waals surface area contributed by atoms with Crippen LogP contribution in [-0.2, 0) is 17.7 Å². The molecule has 1 atom stereocenters. The van der Waals surface area contributed by atoms with Gasteiger partial charge in [-0.05, 0) is 47.9 Å². The van der Waals surface area contributed by atoms with Crippen molar-refractivity contribution in [3.8, 4) is 0 Å². The van der Waals surface area contributed by atoms with Crippen molar-refractivity contribution in [2.45, 2.75) is 26.0 Å². The summed E-state index contributed by atoms with van der Waals surface area (Å²) in [5.74, 6) is 0. The molecule has 1 aliphatic rings. The Morgan fingerprint density at radius 2 is 1.88 bits per heavy atom. The number of ether oxygens (including phenoxy) is 1. The summed E-state index contributed by atoms with van der Waals surface area (Å²) < 4.78 is 6.10. The molecule has 1 N–H and O–H groups in total. The highest BCUT2D eigenvalue weighted by Crippen LogP contribution is 2.24. The molecular formula is C27H33N3O2. The van der Waals surface area contributed by atoms with Gasteiger partial charge in [0.05, 0.1) is 18.9 Å². The monoisotopic (exact) mass is 431 g/mol. The van der Waals surface area contributed by atoms with Crippen molar-refractivity contribution in [1.29, 1.82) is 0 Å². The first-order valence-electron chi connectivity index (χ1n) is 11.4. The van der Waals surface area contributed by atoms with Crippen LogP contribution in [0.1, 0.15) is 34.2 Å². The van der Waals surface area contributed by atoms with Gasteiger partial charge in [0.2, 0.25) is 0 Å². The van der Waals surface area contributed by atoms with Crippen LogP contribution in [0.15, 0.2) is 66.7 Å². The lowest BCUT2D eigenvalue weighted by molar-refractivity contribution is -0.0350. The predicted molar refractivity (Wildman–Crippen MR) is 129 cm³/mol. The van der Waals surface area contributed by atoms with E-state index in [1.54, 1.807) is 0 Å². The molecule has 4 rings (SSSR count). The van der Waals surface area contributed by atoms with Gasteiger partial charge in [-0.2, -0.15) is 0 Å². The smallest absolute Gasteiger partial charge is 0.112 e. The Labute approximate surface area is 191 Å². The summed E-state index contributed by atoms with van der Waals surface area (Å²) in [6.45, 7) is 6.32. The third-order valence-electron chi connectivity index (χ3n) is 6.16. The zero-order valence-corrected chi connectivity index (χ0v) is 19.1. The van der Waals surface area contributed by atoms with Crippen LogP contribution in [-0.4, -0.2) is 54.9 Å². The SMILES string of the molecule is Cc1ccccc1Cc1cccc([C@@H]2CN(Cc3ccc(N(C)CCO)cc3)CCO2)n1. The second-order valence-electron chi connectivity index (χ2n) is 8.56. The molecule has 5 heteroatoms. The minimum atomic E-state index is -0.00414. The van der Waals surface area contributed by atoms with Crippen LogP contribution in [0.4, 0.5) is 5.69 Å². The third-order valence-corrected chi connectivity index (χ3v) is 6.16. The molecule has 3 aromatic rings. The molecular weight excluding hydrogens is 398 g/mol. The molecule has 5 nitrogen and oxygen atoms in total. The second-order valence-corrected chi connectivity index (χ2v) is 8.56. The van der Waals surface area contributed by atoms with E-state index in [4.69, 9.17) is 14.8 Å². The summed E-state index contributed by atoms with van der Waals surface area (Å²) in [6, 6.07) is 23.4. The van der Waals surface area contributed by atoms with Gasteiger partial charge in [-0.1, -0.05) is 42.5 Å². The predicted octanol–water partition coefficient (Wildman–Crippen LogP) is 3.98. The number of rotatable bonds is 8. The molecule has 168 valence electrons. The van der Waals surface area contributed by atoms with Crippen LogP contribution in [0.3, 0.4) is 0 Å². The van der Waals surface area contributed by atoms with E-state index in [9.17, 15) is 0 Å². The molecule has 1 aliphatic heterocycles. The Morgan fingerprint density at radius 1 is 1.06 bits per heavy atom. The van der Waals surface area contributed by atoms with Gasteiger partial charge < -0.3 is 14.7 Å². The van der Waals surface area contributed by atoms with E-state index in [2.05, 4.69) is 83.5 Å². The summed E-state index contributed by atoms with van der Waals surface area (Å²) in [7, 11) is 2.00. The van der Waals surface area contributed by atoms with Crippen LogP contribution < -0.4 is 4.90 Å². The van der Waals surface area contributed by atoms with Crippen LogP contribution >= 0.6 is 0 Å². The number of hydrogen-bond donors (Lipinski definition) is 1. The van der Waals surface area contributed by atoms with Gasteiger partial charge in [0.25, 0.3) is 0 Å². The van der Waals surface area contributed by atoms with Gasteiger partial charge in [-0.15, -0.1) is 0 Å². The summed E-state index contributed by atoms with van der Waals surface area (Å²) in [5, 5.41) is 9.13. The number of aromatic nitrogens is 1. The first-order valence-corrected chi connectivity index (χ1v) is 11.4. The molecule has 1 aromatic heterocycles. The molecule has 0 spiro atoms. The van der Waals surface area contributed by atoms with E-state index in [1.165, 1.54) is 16.7 Å². The molecule has 2 heterocycles. The molecule has 0 amide bonds. The Kier molecular flexibility index (Phi) is 7.53. The maximum atomic E-state index is 9.13. The van der Waals surface area contributed by atoms with Gasteiger partial charge >= 0.3 is 0 Å². The topological polar surface area (TPSA) is 48.8 Å². The van der Waals surface area contributed by atoms with Crippen LogP contribution in [0.5, 0.6) is 0 Å². The average molecular weight is 432 g/mol. The fourth-order valence-electron chi connectivity index (χ4n) is 4.20. The largest absolute Gasteiger partial charge is 0.395 e. The lowest BCUT2D eigenvalue weighted by atomic mass is 10.0. The maximum absolute atomic E-state index is 9.13. The lowest BCUT2D eigenvalue weighted by Crippen LogP contribution is -2.38. The molecule has 1 fully saturated rings. The molecule has 1 saturated heterocycles. The normalized spacial score (nSPS) is 16.8. The minimum absolute atomic E-state index is 0.00414. The molecule has 0 saturated carbocycles. The zero-order chi connectivity index (χ0) is 22.3.